The van der Waals surface area contributed by atoms with Crippen molar-refractivity contribution >= 4 is 11.4 Å². The van der Waals surface area contributed by atoms with E-state index in [-0.39, 0.29) is 0 Å². The van der Waals surface area contributed by atoms with E-state index in [0.717, 1.165) is 0 Å². The molecule has 58 valence electrons. The molecule has 0 radical (unpaired) electrons. The van der Waals surface area contributed by atoms with Gasteiger partial charge in [-0.3, -0.25) is 0 Å². The van der Waals surface area contributed by atoms with Crippen LogP contribution in [0.3, 0.4) is 0 Å². The van der Waals surface area contributed by atoms with Gasteiger partial charge in [-0.25, -0.2) is 0 Å². The maximum absolute atomic E-state index is 8.10. The van der Waals surface area contributed by atoms with Gasteiger partial charge in [0.25, 0.3) is 0 Å². The lowest BCUT2D eigenvalue weighted by Crippen LogP contribution is -1.61. The summed E-state index contributed by atoms with van der Waals surface area (Å²) in [7, 11) is 0. The highest BCUT2D eigenvalue weighted by atomic mass is 15.1. The lowest BCUT2D eigenvalue weighted by molar-refractivity contribution is 1.42. The summed E-state index contributed by atoms with van der Waals surface area (Å²) in [4.78, 5) is 5.19. The Kier molecular flexibility index (Phi) is 2.57. The van der Waals surface area contributed by atoms with Gasteiger partial charge in [-0.05, 0) is 17.1 Å². The van der Waals surface area contributed by atoms with Crippen LogP contribution in [0.2, 0.25) is 0 Å². The zero-order valence-corrected chi connectivity index (χ0v) is 5.99. The third kappa shape index (κ3) is 1.91. The van der Waals surface area contributed by atoms with E-state index >= 15 is 0 Å². The first-order valence-electron chi connectivity index (χ1n) is 3.07. The molecule has 0 aliphatic heterocycles. The first-order valence-corrected chi connectivity index (χ1v) is 3.07. The summed E-state index contributed by atoms with van der Waals surface area (Å²) in [6.07, 6.45) is 0. The van der Waals surface area contributed by atoms with Crippen LogP contribution in [0.1, 0.15) is 0 Å². The molecule has 0 bridgehead atoms. The molecule has 1 aromatic carbocycles. The topological polar surface area (TPSA) is 97.5 Å². The maximum Gasteiger partial charge on any atom is 0.0379 e. The molecule has 0 aromatic heterocycles. The van der Waals surface area contributed by atoms with Crippen LogP contribution < -0.4 is 0 Å². The second kappa shape index (κ2) is 3.88. The Morgan fingerprint density at radius 3 is 1.92 bits per heavy atom. The lowest BCUT2D eigenvalue weighted by Gasteiger charge is -1.91. The monoisotopic (exact) mass is 160 g/mol. The molecule has 12 heavy (non-hydrogen) atoms. The van der Waals surface area contributed by atoms with Crippen molar-refractivity contribution in [3.05, 3.63) is 45.2 Å². The van der Waals surface area contributed by atoms with Crippen LogP contribution >= 0.6 is 0 Å². The van der Waals surface area contributed by atoms with Crippen molar-refractivity contribution in [2.75, 3.05) is 0 Å². The highest BCUT2D eigenvalue weighted by Gasteiger charge is 1.89. The minimum Gasteiger partial charge on any atom is -0.0614 e. The average Bonchev–Trinajstić information content (AvgIpc) is 2.06. The van der Waals surface area contributed by atoms with Gasteiger partial charge in [0, 0.05) is 21.2 Å². The van der Waals surface area contributed by atoms with Crippen LogP contribution in [0.25, 0.3) is 20.9 Å². The fourth-order valence-electron chi connectivity index (χ4n) is 0.721. The summed E-state index contributed by atoms with van der Waals surface area (Å²) < 4.78 is 0. The Labute approximate surface area is 67.7 Å². The normalized spacial score (nSPS) is 8.00. The molecule has 1 rings (SSSR count). The summed E-state index contributed by atoms with van der Waals surface area (Å²) in [5, 5.41) is 6.69. The summed E-state index contributed by atoms with van der Waals surface area (Å²) >= 11 is 0. The third-order valence-electron chi connectivity index (χ3n) is 1.15. The van der Waals surface area contributed by atoms with Gasteiger partial charge in [-0.15, -0.1) is 0 Å². The molecule has 1 aromatic rings. The number of nitrogens with zero attached hydrogens (tertiary/aromatic N) is 6. The van der Waals surface area contributed by atoms with Crippen molar-refractivity contribution in [2.45, 2.75) is 0 Å². The van der Waals surface area contributed by atoms with Gasteiger partial charge in [-0.2, -0.15) is 0 Å². The zero-order valence-electron chi connectivity index (χ0n) is 5.99. The Morgan fingerprint density at radius 2 is 1.50 bits per heavy atom. The van der Waals surface area contributed by atoms with E-state index in [2.05, 4.69) is 20.1 Å². The lowest BCUT2D eigenvalue weighted by atomic mass is 10.3. The molecule has 0 unspecified atom stereocenters. The van der Waals surface area contributed by atoms with Crippen molar-refractivity contribution in [3.8, 4) is 0 Å². The van der Waals surface area contributed by atoms with Crippen LogP contribution in [-0.4, -0.2) is 0 Å². The Morgan fingerprint density at radius 1 is 1.00 bits per heavy atom. The first kappa shape index (κ1) is 7.94. The highest BCUT2D eigenvalue weighted by molar-refractivity contribution is 5.49. The molecule has 0 aliphatic carbocycles. The number of benzene rings is 1. The van der Waals surface area contributed by atoms with Gasteiger partial charge in [0.15, 0.2) is 0 Å². The van der Waals surface area contributed by atoms with Crippen molar-refractivity contribution in [2.24, 2.45) is 10.2 Å². The molecule has 0 N–H and O–H groups in total. The number of azide groups is 2. The standard InChI is InChI=1S/C6H4N6/c7-11-9-5-2-1-3-6(4-5)10-12-8/h1-4H. The van der Waals surface area contributed by atoms with E-state index in [1.807, 2.05) is 0 Å². The fourth-order valence-corrected chi connectivity index (χ4v) is 0.721. The van der Waals surface area contributed by atoms with E-state index in [1.165, 1.54) is 6.07 Å². The highest BCUT2D eigenvalue weighted by Crippen LogP contribution is 2.20. The second-order valence-electron chi connectivity index (χ2n) is 1.90. The van der Waals surface area contributed by atoms with Gasteiger partial charge in [0.1, 0.15) is 0 Å². The van der Waals surface area contributed by atoms with Crippen LogP contribution in [0.4, 0.5) is 11.4 Å². The van der Waals surface area contributed by atoms with E-state index < -0.39 is 0 Å². The van der Waals surface area contributed by atoms with Gasteiger partial charge < -0.3 is 0 Å². The summed E-state index contributed by atoms with van der Waals surface area (Å²) in [5.41, 5.74) is 17.1. The molecule has 0 heterocycles. The quantitative estimate of drug-likeness (QED) is 0.359. The molecule has 0 fully saturated rings. The van der Waals surface area contributed by atoms with E-state index in [0.29, 0.717) is 11.4 Å². The van der Waals surface area contributed by atoms with Gasteiger partial charge in [-0.1, -0.05) is 28.4 Å². The average molecular weight is 160 g/mol. The molecule has 0 aliphatic rings. The predicted molar refractivity (Wildman–Crippen MR) is 44.1 cm³/mol. The van der Waals surface area contributed by atoms with Crippen molar-refractivity contribution < 1.29 is 0 Å². The van der Waals surface area contributed by atoms with Gasteiger partial charge in [0.2, 0.25) is 0 Å². The summed E-state index contributed by atoms with van der Waals surface area (Å²) in [5.74, 6) is 0. The van der Waals surface area contributed by atoms with E-state index in [1.54, 1.807) is 18.2 Å². The molecular formula is C6H4N6. The molecule has 0 atom stereocenters. The smallest absolute Gasteiger partial charge is 0.0379 e. The molecule has 0 saturated carbocycles. The van der Waals surface area contributed by atoms with Crippen molar-refractivity contribution in [1.29, 1.82) is 0 Å². The Bertz CT molecular complexity index is 338. The van der Waals surface area contributed by atoms with Crippen LogP contribution in [0.15, 0.2) is 34.5 Å². The van der Waals surface area contributed by atoms with E-state index in [9.17, 15) is 0 Å². The summed E-state index contributed by atoms with van der Waals surface area (Å²) in [6.45, 7) is 0. The first-order chi connectivity index (χ1) is 5.86. The molecule has 6 heteroatoms. The largest absolute Gasteiger partial charge is 0.0614 e. The number of rotatable bonds is 2. The number of hydrogen-bond donors (Lipinski definition) is 0. The molecular weight excluding hydrogens is 156 g/mol. The predicted octanol–water partition coefficient (Wildman–Crippen LogP) is 3.57. The minimum atomic E-state index is 0.433. The Hall–Kier alpha value is -2.16. The summed E-state index contributed by atoms with van der Waals surface area (Å²) in [6, 6.07) is 6.39. The molecule has 0 saturated heterocycles. The zero-order chi connectivity index (χ0) is 8.81. The molecule has 0 amide bonds. The minimum absolute atomic E-state index is 0.433. The second-order valence-corrected chi connectivity index (χ2v) is 1.90. The fraction of sp³-hybridized carbons (Fsp3) is 0. The van der Waals surface area contributed by atoms with Crippen molar-refractivity contribution in [1.82, 2.24) is 0 Å². The molecule has 6 nitrogen and oxygen atoms in total. The van der Waals surface area contributed by atoms with Crippen LogP contribution in [0.5, 0.6) is 0 Å². The van der Waals surface area contributed by atoms with Gasteiger partial charge in [0.05, 0.1) is 0 Å². The third-order valence-corrected chi connectivity index (χ3v) is 1.15. The van der Waals surface area contributed by atoms with Crippen LogP contribution in [-0.2, 0) is 0 Å². The SMILES string of the molecule is [N-]=[N+]=Nc1cccc(N=[N+]=[N-])c1. The van der Waals surface area contributed by atoms with Crippen molar-refractivity contribution in [3.63, 3.8) is 0 Å². The number of hydrogen-bond acceptors (Lipinski definition) is 2. The maximum atomic E-state index is 8.10. The Balaban J connectivity index is 3.11. The van der Waals surface area contributed by atoms with E-state index in [4.69, 9.17) is 11.1 Å². The molecule has 0 spiro atoms. The van der Waals surface area contributed by atoms with Crippen LogP contribution in [0, 0.1) is 0 Å². The van der Waals surface area contributed by atoms with Gasteiger partial charge >= 0.3 is 0 Å².